The molecule has 0 aliphatic rings. The summed E-state index contributed by atoms with van der Waals surface area (Å²) in [6.45, 7) is 5.66. The van der Waals surface area contributed by atoms with Crippen LogP contribution in [0.25, 0.3) is 0 Å². The fourth-order valence-corrected chi connectivity index (χ4v) is 0.289. The van der Waals surface area contributed by atoms with E-state index in [1.165, 1.54) is 26.7 Å². The number of unbranched alkanes of at least 4 members (excludes halogenated alkanes) is 1. The van der Waals surface area contributed by atoms with Crippen molar-refractivity contribution in [3.05, 3.63) is 0 Å². The Morgan fingerprint density at radius 3 is 1.73 bits per heavy atom. The Kier molecular flexibility index (Phi) is 9.77. The van der Waals surface area contributed by atoms with Crippen molar-refractivity contribution >= 4 is 0 Å². The monoisotopic (exact) mass is 164 g/mol. The normalized spacial score (nSPS) is 10.4. The van der Waals surface area contributed by atoms with Gasteiger partial charge in [0.05, 0.1) is 0 Å². The summed E-state index contributed by atoms with van der Waals surface area (Å²) in [4.78, 5) is 0. The molecule has 0 saturated heterocycles. The molecule has 3 heteroatoms. The molecular weight excluding hydrogens is 144 g/mol. The van der Waals surface area contributed by atoms with Crippen molar-refractivity contribution in [2.24, 2.45) is 0 Å². The number of hydrogen-bond donors (Lipinski definition) is 2. The van der Waals surface area contributed by atoms with E-state index < -0.39 is 5.79 Å². The average molecular weight is 164 g/mol. The van der Waals surface area contributed by atoms with Gasteiger partial charge in [-0.15, -0.1) is 0 Å². The molecule has 0 fully saturated rings. The molecule has 0 spiro atoms. The molecule has 0 rings (SSSR count). The van der Waals surface area contributed by atoms with Gasteiger partial charge in [0.2, 0.25) is 0 Å². The second-order valence-corrected chi connectivity index (χ2v) is 2.84. The summed E-state index contributed by atoms with van der Waals surface area (Å²) in [5.74, 6) is -1.50. The fourth-order valence-electron chi connectivity index (χ4n) is 0.289. The predicted molar refractivity (Wildman–Crippen MR) is 45.3 cm³/mol. The lowest BCUT2D eigenvalue weighted by atomic mass is 10.4. The summed E-state index contributed by atoms with van der Waals surface area (Å²) < 4.78 is 4.78. The van der Waals surface area contributed by atoms with Crippen LogP contribution in [0.2, 0.25) is 0 Å². The van der Waals surface area contributed by atoms with Gasteiger partial charge < -0.3 is 14.9 Å². The summed E-state index contributed by atoms with van der Waals surface area (Å²) in [5.41, 5.74) is 0. The van der Waals surface area contributed by atoms with Crippen LogP contribution in [0.5, 0.6) is 0 Å². The van der Waals surface area contributed by atoms with Crippen molar-refractivity contribution in [2.45, 2.75) is 39.4 Å². The minimum absolute atomic E-state index is 0.913. The van der Waals surface area contributed by atoms with Gasteiger partial charge in [0.15, 0.2) is 5.79 Å². The van der Waals surface area contributed by atoms with Gasteiger partial charge in [-0.3, -0.25) is 0 Å². The zero-order valence-corrected chi connectivity index (χ0v) is 7.92. The summed E-state index contributed by atoms with van der Waals surface area (Å²) >= 11 is 0. The SMILES string of the molecule is CC(C)(O)O.CCCCOC. The maximum atomic E-state index is 8.08. The standard InChI is InChI=1S/C5H12O.C3H8O2/c1-3-4-5-6-2;1-3(2,4)5/h3-5H2,1-2H3;4-5H,1-2H3. The first kappa shape index (κ1) is 13.5. The van der Waals surface area contributed by atoms with Crippen molar-refractivity contribution in [3.8, 4) is 0 Å². The Hall–Kier alpha value is -0.120. The topological polar surface area (TPSA) is 49.7 Å². The quantitative estimate of drug-likeness (QED) is 0.486. The van der Waals surface area contributed by atoms with E-state index in [1.807, 2.05) is 0 Å². The van der Waals surface area contributed by atoms with Crippen LogP contribution < -0.4 is 0 Å². The molecule has 0 aliphatic carbocycles. The Balaban J connectivity index is 0. The smallest absolute Gasteiger partial charge is 0.156 e. The first-order chi connectivity index (χ1) is 4.91. The minimum Gasteiger partial charge on any atom is -0.385 e. The van der Waals surface area contributed by atoms with Gasteiger partial charge in [0, 0.05) is 13.7 Å². The number of methoxy groups -OCH3 is 1. The van der Waals surface area contributed by atoms with E-state index in [0.29, 0.717) is 0 Å². The molecule has 3 nitrogen and oxygen atoms in total. The largest absolute Gasteiger partial charge is 0.385 e. The van der Waals surface area contributed by atoms with Crippen LogP contribution in [-0.2, 0) is 4.74 Å². The van der Waals surface area contributed by atoms with Crippen molar-refractivity contribution in [1.82, 2.24) is 0 Å². The van der Waals surface area contributed by atoms with E-state index in [4.69, 9.17) is 14.9 Å². The minimum atomic E-state index is -1.50. The van der Waals surface area contributed by atoms with Crippen LogP contribution in [0.1, 0.15) is 33.6 Å². The van der Waals surface area contributed by atoms with Crippen LogP contribution in [0.3, 0.4) is 0 Å². The third-order valence-corrected chi connectivity index (χ3v) is 0.702. The van der Waals surface area contributed by atoms with Gasteiger partial charge in [-0.05, 0) is 20.3 Å². The van der Waals surface area contributed by atoms with Gasteiger partial charge in [-0.1, -0.05) is 13.3 Å². The van der Waals surface area contributed by atoms with Crippen molar-refractivity contribution in [1.29, 1.82) is 0 Å². The number of rotatable bonds is 3. The van der Waals surface area contributed by atoms with E-state index in [9.17, 15) is 0 Å². The van der Waals surface area contributed by atoms with Crippen LogP contribution in [0, 0.1) is 0 Å². The highest BCUT2D eigenvalue weighted by Gasteiger charge is 2.00. The van der Waals surface area contributed by atoms with Gasteiger partial charge in [0.1, 0.15) is 0 Å². The second kappa shape index (κ2) is 7.98. The Morgan fingerprint density at radius 2 is 1.64 bits per heavy atom. The van der Waals surface area contributed by atoms with Crippen molar-refractivity contribution < 1.29 is 14.9 Å². The van der Waals surface area contributed by atoms with E-state index >= 15 is 0 Å². The highest BCUT2D eigenvalue weighted by molar-refractivity contribution is 4.37. The van der Waals surface area contributed by atoms with E-state index in [-0.39, 0.29) is 0 Å². The molecular formula is C8H20O3. The van der Waals surface area contributed by atoms with Gasteiger partial charge in [0.25, 0.3) is 0 Å². The third-order valence-electron chi connectivity index (χ3n) is 0.702. The Labute approximate surface area is 69.0 Å². The molecule has 0 radical (unpaired) electrons. The number of ether oxygens (including phenoxy) is 1. The molecule has 0 amide bonds. The summed E-state index contributed by atoms with van der Waals surface area (Å²) in [6, 6.07) is 0. The van der Waals surface area contributed by atoms with Crippen LogP contribution in [-0.4, -0.2) is 29.7 Å². The van der Waals surface area contributed by atoms with Crippen LogP contribution in [0.15, 0.2) is 0 Å². The molecule has 0 heterocycles. The molecule has 0 unspecified atom stereocenters. The first-order valence-corrected chi connectivity index (χ1v) is 3.85. The predicted octanol–water partition coefficient (Wildman–Crippen LogP) is 1.14. The van der Waals surface area contributed by atoms with E-state index in [2.05, 4.69) is 6.92 Å². The summed E-state index contributed by atoms with van der Waals surface area (Å²) in [7, 11) is 1.73. The first-order valence-electron chi connectivity index (χ1n) is 3.85. The highest BCUT2D eigenvalue weighted by Crippen LogP contribution is 1.88. The fraction of sp³-hybridized carbons (Fsp3) is 1.00. The average Bonchev–Trinajstić information content (AvgIpc) is 1.79. The molecule has 11 heavy (non-hydrogen) atoms. The van der Waals surface area contributed by atoms with Crippen molar-refractivity contribution in [3.63, 3.8) is 0 Å². The van der Waals surface area contributed by atoms with Crippen LogP contribution >= 0.6 is 0 Å². The molecule has 70 valence electrons. The Bertz CT molecular complexity index is 56.2. The van der Waals surface area contributed by atoms with Gasteiger partial charge in [-0.2, -0.15) is 0 Å². The lowest BCUT2D eigenvalue weighted by molar-refractivity contribution is -0.127. The molecule has 0 atom stereocenters. The lowest BCUT2D eigenvalue weighted by Gasteiger charge is -2.03. The number of aliphatic hydroxyl groups is 2. The number of hydrogen-bond acceptors (Lipinski definition) is 3. The summed E-state index contributed by atoms with van der Waals surface area (Å²) in [5, 5.41) is 16.2. The maximum absolute atomic E-state index is 8.08. The molecule has 0 aromatic rings. The lowest BCUT2D eigenvalue weighted by Crippen LogP contribution is -2.15. The molecule has 0 saturated carbocycles. The molecule has 0 aromatic carbocycles. The molecule has 0 bridgehead atoms. The molecule has 0 aromatic heterocycles. The van der Waals surface area contributed by atoms with E-state index in [0.717, 1.165) is 6.61 Å². The third kappa shape index (κ3) is 74.0. The van der Waals surface area contributed by atoms with Gasteiger partial charge >= 0.3 is 0 Å². The second-order valence-electron chi connectivity index (χ2n) is 2.84. The zero-order valence-electron chi connectivity index (χ0n) is 7.92. The molecule has 2 N–H and O–H groups in total. The maximum Gasteiger partial charge on any atom is 0.156 e. The van der Waals surface area contributed by atoms with Crippen LogP contribution in [0.4, 0.5) is 0 Å². The molecule has 0 aliphatic heterocycles. The zero-order chi connectivity index (χ0) is 9.33. The Morgan fingerprint density at radius 1 is 1.27 bits per heavy atom. The highest BCUT2D eigenvalue weighted by atomic mass is 16.5. The summed E-state index contributed by atoms with van der Waals surface area (Å²) in [6.07, 6.45) is 2.42. The van der Waals surface area contributed by atoms with Gasteiger partial charge in [-0.25, -0.2) is 0 Å². The van der Waals surface area contributed by atoms with Crippen molar-refractivity contribution in [2.75, 3.05) is 13.7 Å². The van der Waals surface area contributed by atoms with E-state index in [1.54, 1.807) is 7.11 Å².